The van der Waals surface area contributed by atoms with E-state index in [1.54, 1.807) is 0 Å². The minimum atomic E-state index is -0.0291. The molecule has 2 fully saturated rings. The third-order valence-corrected chi connectivity index (χ3v) is 5.12. The van der Waals surface area contributed by atoms with Gasteiger partial charge in [0, 0.05) is 38.3 Å². The van der Waals surface area contributed by atoms with Crippen molar-refractivity contribution in [1.29, 1.82) is 0 Å². The SMILES string of the molecule is CC1CN(C(=O)NCC2(c3ccccc3)CCOCC2)CC(C)O1. The molecule has 5 nitrogen and oxygen atoms in total. The fraction of sp³-hybridized carbons (Fsp3) is 0.632. The molecular formula is C19H28N2O3. The first kappa shape index (κ1) is 17.2. The molecule has 2 unspecified atom stereocenters. The molecular weight excluding hydrogens is 304 g/mol. The Kier molecular flexibility index (Phi) is 5.41. The molecule has 132 valence electrons. The summed E-state index contributed by atoms with van der Waals surface area (Å²) >= 11 is 0. The Morgan fingerprint density at radius 3 is 2.42 bits per heavy atom. The van der Waals surface area contributed by atoms with Gasteiger partial charge in [-0.2, -0.15) is 0 Å². The normalized spacial score (nSPS) is 26.8. The highest BCUT2D eigenvalue weighted by Gasteiger charge is 2.35. The molecule has 0 aromatic heterocycles. The number of hydrogen-bond donors (Lipinski definition) is 1. The monoisotopic (exact) mass is 332 g/mol. The molecule has 0 spiro atoms. The van der Waals surface area contributed by atoms with E-state index < -0.39 is 0 Å². The van der Waals surface area contributed by atoms with Crippen molar-refractivity contribution in [2.75, 3.05) is 32.8 Å². The van der Waals surface area contributed by atoms with Crippen molar-refractivity contribution < 1.29 is 14.3 Å². The summed E-state index contributed by atoms with van der Waals surface area (Å²) < 4.78 is 11.3. The second-order valence-electron chi connectivity index (χ2n) is 7.08. The van der Waals surface area contributed by atoms with Gasteiger partial charge in [0.15, 0.2) is 0 Å². The average Bonchev–Trinajstić information content (AvgIpc) is 2.60. The van der Waals surface area contributed by atoms with E-state index in [1.165, 1.54) is 5.56 Å². The smallest absolute Gasteiger partial charge is 0.317 e. The number of rotatable bonds is 3. The van der Waals surface area contributed by atoms with Gasteiger partial charge in [-0.25, -0.2) is 4.79 Å². The van der Waals surface area contributed by atoms with Crippen LogP contribution >= 0.6 is 0 Å². The highest BCUT2D eigenvalue weighted by Crippen LogP contribution is 2.34. The van der Waals surface area contributed by atoms with E-state index in [0.717, 1.165) is 26.1 Å². The minimum absolute atomic E-state index is 0.0128. The number of nitrogens with one attached hydrogen (secondary N) is 1. The summed E-state index contributed by atoms with van der Waals surface area (Å²) in [5.74, 6) is 0. The van der Waals surface area contributed by atoms with Crippen LogP contribution in [0.4, 0.5) is 4.79 Å². The Hall–Kier alpha value is -1.59. The van der Waals surface area contributed by atoms with Gasteiger partial charge in [-0.1, -0.05) is 30.3 Å². The van der Waals surface area contributed by atoms with Crippen molar-refractivity contribution in [2.45, 2.75) is 44.3 Å². The fourth-order valence-electron chi connectivity index (χ4n) is 3.82. The van der Waals surface area contributed by atoms with Gasteiger partial charge >= 0.3 is 6.03 Å². The average molecular weight is 332 g/mol. The first-order valence-corrected chi connectivity index (χ1v) is 8.91. The zero-order chi connectivity index (χ0) is 17.0. The summed E-state index contributed by atoms with van der Waals surface area (Å²) in [4.78, 5) is 14.5. The number of morpholine rings is 1. The van der Waals surface area contributed by atoms with Gasteiger partial charge in [0.1, 0.15) is 0 Å². The molecule has 0 bridgehead atoms. The summed E-state index contributed by atoms with van der Waals surface area (Å²) in [6.07, 6.45) is 2.05. The molecule has 0 aliphatic carbocycles. The number of ether oxygens (including phenoxy) is 2. The summed E-state index contributed by atoms with van der Waals surface area (Å²) in [5.41, 5.74) is 1.26. The topological polar surface area (TPSA) is 50.8 Å². The Bertz CT molecular complexity index is 533. The number of carbonyl (C=O) groups excluding carboxylic acids is 1. The Labute approximate surface area is 144 Å². The third kappa shape index (κ3) is 3.90. The molecule has 5 heteroatoms. The molecule has 0 saturated carbocycles. The fourth-order valence-corrected chi connectivity index (χ4v) is 3.82. The molecule has 3 rings (SSSR count). The van der Waals surface area contributed by atoms with Crippen LogP contribution in [0.25, 0.3) is 0 Å². The lowest BCUT2D eigenvalue weighted by Gasteiger charge is -2.40. The standard InChI is InChI=1S/C19H28N2O3/c1-15-12-21(13-16(2)24-15)18(22)20-14-19(8-10-23-11-9-19)17-6-4-3-5-7-17/h3-7,15-16H,8-14H2,1-2H3,(H,20,22). The van der Waals surface area contributed by atoms with Crippen LogP contribution in [0.2, 0.25) is 0 Å². The molecule has 2 heterocycles. The van der Waals surface area contributed by atoms with E-state index in [-0.39, 0.29) is 23.7 Å². The first-order valence-electron chi connectivity index (χ1n) is 8.91. The van der Waals surface area contributed by atoms with Crippen LogP contribution < -0.4 is 5.32 Å². The van der Waals surface area contributed by atoms with E-state index in [0.29, 0.717) is 19.6 Å². The minimum Gasteiger partial charge on any atom is -0.381 e. The lowest BCUT2D eigenvalue weighted by molar-refractivity contribution is -0.0547. The number of urea groups is 1. The number of amides is 2. The van der Waals surface area contributed by atoms with Gasteiger partial charge in [-0.05, 0) is 32.3 Å². The third-order valence-electron chi connectivity index (χ3n) is 5.12. The Morgan fingerprint density at radius 2 is 1.79 bits per heavy atom. The second-order valence-corrected chi connectivity index (χ2v) is 7.08. The molecule has 1 aromatic rings. The first-order chi connectivity index (χ1) is 11.6. The van der Waals surface area contributed by atoms with Crippen molar-refractivity contribution in [3.05, 3.63) is 35.9 Å². The number of carbonyl (C=O) groups is 1. The highest BCUT2D eigenvalue weighted by molar-refractivity contribution is 5.74. The largest absolute Gasteiger partial charge is 0.381 e. The van der Waals surface area contributed by atoms with Gasteiger partial charge in [-0.15, -0.1) is 0 Å². The molecule has 1 aromatic carbocycles. The predicted molar refractivity (Wildman–Crippen MR) is 93.2 cm³/mol. The molecule has 0 radical (unpaired) electrons. The van der Waals surface area contributed by atoms with Gasteiger partial charge in [0.2, 0.25) is 0 Å². The predicted octanol–water partition coefficient (Wildman–Crippen LogP) is 2.55. The van der Waals surface area contributed by atoms with Crippen LogP contribution in [-0.2, 0) is 14.9 Å². The van der Waals surface area contributed by atoms with E-state index in [1.807, 2.05) is 24.8 Å². The number of benzene rings is 1. The van der Waals surface area contributed by atoms with Crippen LogP contribution in [0.1, 0.15) is 32.3 Å². The Morgan fingerprint density at radius 1 is 1.17 bits per heavy atom. The summed E-state index contributed by atoms with van der Waals surface area (Å²) in [5, 5.41) is 3.18. The van der Waals surface area contributed by atoms with Crippen molar-refractivity contribution in [2.24, 2.45) is 0 Å². The molecule has 2 aliphatic rings. The molecule has 2 saturated heterocycles. The van der Waals surface area contributed by atoms with E-state index in [2.05, 4.69) is 29.6 Å². The lowest BCUT2D eigenvalue weighted by atomic mass is 9.74. The zero-order valence-corrected chi connectivity index (χ0v) is 14.7. The number of hydrogen-bond acceptors (Lipinski definition) is 3. The van der Waals surface area contributed by atoms with Crippen LogP contribution in [0.15, 0.2) is 30.3 Å². The second kappa shape index (κ2) is 7.53. The van der Waals surface area contributed by atoms with E-state index in [9.17, 15) is 4.79 Å². The molecule has 2 amide bonds. The van der Waals surface area contributed by atoms with Gasteiger partial charge < -0.3 is 19.7 Å². The van der Waals surface area contributed by atoms with Crippen molar-refractivity contribution in [3.63, 3.8) is 0 Å². The maximum atomic E-state index is 12.6. The van der Waals surface area contributed by atoms with Crippen LogP contribution in [0.3, 0.4) is 0 Å². The maximum absolute atomic E-state index is 12.6. The van der Waals surface area contributed by atoms with Crippen molar-refractivity contribution in [3.8, 4) is 0 Å². The summed E-state index contributed by atoms with van der Waals surface area (Å²) in [6.45, 7) is 7.47. The molecule has 2 aliphatic heterocycles. The van der Waals surface area contributed by atoms with Crippen LogP contribution in [0.5, 0.6) is 0 Å². The van der Waals surface area contributed by atoms with E-state index in [4.69, 9.17) is 9.47 Å². The van der Waals surface area contributed by atoms with E-state index >= 15 is 0 Å². The number of nitrogens with zero attached hydrogens (tertiary/aromatic N) is 1. The maximum Gasteiger partial charge on any atom is 0.317 e. The molecule has 1 N–H and O–H groups in total. The van der Waals surface area contributed by atoms with Gasteiger partial charge in [0.05, 0.1) is 12.2 Å². The molecule has 2 atom stereocenters. The highest BCUT2D eigenvalue weighted by atomic mass is 16.5. The summed E-state index contributed by atoms with van der Waals surface area (Å²) in [7, 11) is 0. The van der Waals surface area contributed by atoms with Crippen molar-refractivity contribution in [1.82, 2.24) is 10.2 Å². The van der Waals surface area contributed by atoms with Gasteiger partial charge in [0.25, 0.3) is 0 Å². The van der Waals surface area contributed by atoms with Gasteiger partial charge in [-0.3, -0.25) is 0 Å². The summed E-state index contributed by atoms with van der Waals surface area (Å²) in [6, 6.07) is 10.5. The van der Waals surface area contributed by atoms with Crippen LogP contribution in [-0.4, -0.2) is 56.0 Å². The lowest BCUT2D eigenvalue weighted by Crippen LogP contribution is -2.54. The quantitative estimate of drug-likeness (QED) is 0.925. The Balaban J connectivity index is 1.66. The molecule has 24 heavy (non-hydrogen) atoms. The van der Waals surface area contributed by atoms with Crippen LogP contribution in [0, 0.1) is 0 Å². The zero-order valence-electron chi connectivity index (χ0n) is 14.7. The van der Waals surface area contributed by atoms with Crippen molar-refractivity contribution >= 4 is 6.03 Å².